The molecule has 2 aromatic rings. The van der Waals surface area contributed by atoms with Gasteiger partial charge in [0.25, 0.3) is 0 Å². The Morgan fingerprint density at radius 1 is 1.18 bits per heavy atom. The van der Waals surface area contributed by atoms with Crippen LogP contribution in [0.5, 0.6) is 5.75 Å². The molecule has 0 aromatic heterocycles. The quantitative estimate of drug-likeness (QED) is 0.672. The summed E-state index contributed by atoms with van der Waals surface area (Å²) in [7, 11) is 1.64. The van der Waals surface area contributed by atoms with Crippen molar-refractivity contribution in [1.82, 2.24) is 4.90 Å². The summed E-state index contributed by atoms with van der Waals surface area (Å²) in [5.74, 6) is 1.35. The number of halogens is 1. The molecule has 1 saturated heterocycles. The van der Waals surface area contributed by atoms with Crippen LogP contribution in [0.4, 0.5) is 5.69 Å². The van der Waals surface area contributed by atoms with Crippen LogP contribution in [0.25, 0.3) is 0 Å². The van der Waals surface area contributed by atoms with E-state index in [1.54, 1.807) is 23.8 Å². The first-order chi connectivity index (χ1) is 13.6. The Balaban J connectivity index is 1.62. The van der Waals surface area contributed by atoms with Crippen LogP contribution in [0.1, 0.15) is 17.9 Å². The van der Waals surface area contributed by atoms with Gasteiger partial charge in [0.1, 0.15) is 5.75 Å². The van der Waals surface area contributed by atoms with Crippen molar-refractivity contribution in [3.05, 3.63) is 69.2 Å². The molecule has 1 atom stereocenters. The van der Waals surface area contributed by atoms with Gasteiger partial charge in [0.2, 0.25) is 5.91 Å². The molecule has 0 bridgehead atoms. The molecule has 0 N–H and O–H groups in total. The largest absolute Gasteiger partial charge is 0.497 e. The first kappa shape index (κ1) is 18.9. The molecular formula is C21H18BrN3O2S. The number of hydrogen-bond donors (Lipinski definition) is 0. The molecule has 0 radical (unpaired) electrons. The third kappa shape index (κ3) is 3.50. The van der Waals surface area contributed by atoms with Crippen LogP contribution in [0.15, 0.2) is 63.6 Å². The highest BCUT2D eigenvalue weighted by Gasteiger charge is 2.38. The number of hydrogen-bond acceptors (Lipinski definition) is 5. The number of amides is 1. The van der Waals surface area contributed by atoms with E-state index >= 15 is 0 Å². The van der Waals surface area contributed by atoms with Crippen LogP contribution in [0, 0.1) is 11.3 Å². The Labute approximate surface area is 176 Å². The van der Waals surface area contributed by atoms with Crippen LogP contribution in [-0.4, -0.2) is 30.5 Å². The lowest BCUT2D eigenvalue weighted by Gasteiger charge is -2.42. The molecular weight excluding hydrogens is 438 g/mol. The number of ether oxygens (including phenoxy) is 1. The van der Waals surface area contributed by atoms with E-state index in [1.807, 2.05) is 48.5 Å². The van der Waals surface area contributed by atoms with Crippen LogP contribution in [0.2, 0.25) is 0 Å². The van der Waals surface area contributed by atoms with Gasteiger partial charge in [0.05, 0.1) is 36.3 Å². The molecule has 2 aliphatic rings. The molecule has 7 heteroatoms. The minimum Gasteiger partial charge on any atom is -0.497 e. The Morgan fingerprint density at radius 3 is 2.54 bits per heavy atom. The van der Waals surface area contributed by atoms with Crippen molar-refractivity contribution in [2.75, 3.05) is 24.6 Å². The molecule has 1 fully saturated rings. The first-order valence-corrected chi connectivity index (χ1v) is 10.6. The maximum atomic E-state index is 12.9. The molecule has 2 heterocycles. The normalized spacial score (nSPS) is 19.3. The average Bonchev–Trinajstić information content (AvgIpc) is 2.74. The van der Waals surface area contributed by atoms with E-state index in [9.17, 15) is 10.1 Å². The summed E-state index contributed by atoms with van der Waals surface area (Å²) in [6.07, 6.45) is 0.311. The monoisotopic (exact) mass is 455 g/mol. The van der Waals surface area contributed by atoms with Crippen LogP contribution in [0.3, 0.4) is 0 Å². The maximum absolute atomic E-state index is 12.9. The van der Waals surface area contributed by atoms with Crippen molar-refractivity contribution >= 4 is 39.3 Å². The lowest BCUT2D eigenvalue weighted by atomic mass is 9.86. The third-order valence-corrected chi connectivity index (χ3v) is 6.69. The number of carbonyl (C=O) groups is 1. The van der Waals surface area contributed by atoms with E-state index in [4.69, 9.17) is 4.74 Å². The lowest BCUT2D eigenvalue weighted by Crippen LogP contribution is -2.47. The molecule has 4 rings (SSSR count). The average molecular weight is 456 g/mol. The molecule has 1 amide bonds. The SMILES string of the molecule is COc1ccc(N2CSC3=C(C#N)[C@H](c4ccc(Br)cc4)CC(=O)N3C2)cc1. The second-order valence-electron chi connectivity index (χ2n) is 6.61. The van der Waals surface area contributed by atoms with Crippen LogP contribution >= 0.6 is 27.7 Å². The zero-order valence-corrected chi connectivity index (χ0v) is 17.7. The van der Waals surface area contributed by atoms with Crippen molar-refractivity contribution in [1.29, 1.82) is 5.26 Å². The summed E-state index contributed by atoms with van der Waals surface area (Å²) in [4.78, 5) is 16.8. The number of nitrogens with zero attached hydrogens (tertiary/aromatic N) is 3. The van der Waals surface area contributed by atoms with E-state index in [0.717, 1.165) is 26.5 Å². The molecule has 2 aliphatic heterocycles. The summed E-state index contributed by atoms with van der Waals surface area (Å²) in [5.41, 5.74) is 2.70. The van der Waals surface area contributed by atoms with Crippen LogP contribution < -0.4 is 9.64 Å². The summed E-state index contributed by atoms with van der Waals surface area (Å²) in [6.45, 7) is 0.450. The van der Waals surface area contributed by atoms with Gasteiger partial charge in [-0.25, -0.2) is 0 Å². The van der Waals surface area contributed by atoms with Crippen molar-refractivity contribution in [3.8, 4) is 11.8 Å². The van der Waals surface area contributed by atoms with E-state index in [-0.39, 0.29) is 11.8 Å². The number of anilines is 1. The predicted molar refractivity (Wildman–Crippen MR) is 114 cm³/mol. The fraction of sp³-hybridized carbons (Fsp3) is 0.238. The van der Waals surface area contributed by atoms with E-state index in [1.165, 1.54) is 0 Å². The molecule has 2 aromatic carbocycles. The van der Waals surface area contributed by atoms with Crippen molar-refractivity contribution in [3.63, 3.8) is 0 Å². The maximum Gasteiger partial charge on any atom is 0.229 e. The number of thioether (sulfide) groups is 1. The highest BCUT2D eigenvalue weighted by Crippen LogP contribution is 2.43. The molecule has 142 valence electrons. The summed E-state index contributed by atoms with van der Waals surface area (Å²) in [6, 6.07) is 18.0. The first-order valence-electron chi connectivity index (χ1n) is 8.82. The van der Waals surface area contributed by atoms with Crippen molar-refractivity contribution in [2.24, 2.45) is 0 Å². The van der Waals surface area contributed by atoms with Gasteiger partial charge in [0, 0.05) is 22.5 Å². The summed E-state index contributed by atoms with van der Waals surface area (Å²) in [5, 5.41) is 10.6. The molecule has 28 heavy (non-hydrogen) atoms. The minimum absolute atomic E-state index is 0.0487. The van der Waals surface area contributed by atoms with E-state index < -0.39 is 0 Å². The second-order valence-corrected chi connectivity index (χ2v) is 8.46. The Morgan fingerprint density at radius 2 is 1.89 bits per heavy atom. The van der Waals surface area contributed by atoms with E-state index in [2.05, 4.69) is 26.9 Å². The minimum atomic E-state index is -0.183. The van der Waals surface area contributed by atoms with Crippen LogP contribution in [-0.2, 0) is 4.79 Å². The molecule has 0 spiro atoms. The van der Waals surface area contributed by atoms with Gasteiger partial charge in [-0.15, -0.1) is 0 Å². The zero-order chi connectivity index (χ0) is 19.7. The van der Waals surface area contributed by atoms with E-state index in [0.29, 0.717) is 24.5 Å². The number of fused-ring (bicyclic) bond motifs is 1. The number of methoxy groups -OCH3 is 1. The van der Waals surface area contributed by atoms with Crippen molar-refractivity contribution < 1.29 is 9.53 Å². The molecule has 0 unspecified atom stereocenters. The zero-order valence-electron chi connectivity index (χ0n) is 15.3. The highest BCUT2D eigenvalue weighted by molar-refractivity contribution is 9.10. The molecule has 0 saturated carbocycles. The fourth-order valence-electron chi connectivity index (χ4n) is 3.50. The second kappa shape index (κ2) is 7.90. The standard InChI is InChI=1S/C21H18BrN3O2S/c1-27-17-8-6-16(7-9-17)24-12-25-20(26)10-18(14-2-4-15(22)5-3-14)19(11-23)21(25)28-13-24/h2-9,18H,10,12-13H2,1H3/t18-/m0/s1. The summed E-state index contributed by atoms with van der Waals surface area (Å²) >= 11 is 4.98. The predicted octanol–water partition coefficient (Wildman–Crippen LogP) is 4.68. The Hall–Kier alpha value is -2.43. The van der Waals surface area contributed by atoms with Gasteiger partial charge in [-0.1, -0.05) is 39.8 Å². The number of benzene rings is 2. The van der Waals surface area contributed by atoms with Gasteiger partial charge in [-0.05, 0) is 42.0 Å². The number of carbonyl (C=O) groups excluding carboxylic acids is 1. The van der Waals surface area contributed by atoms with Gasteiger partial charge in [-0.3, -0.25) is 9.69 Å². The van der Waals surface area contributed by atoms with Gasteiger partial charge < -0.3 is 9.64 Å². The number of rotatable bonds is 3. The summed E-state index contributed by atoms with van der Waals surface area (Å²) < 4.78 is 6.19. The number of nitriles is 1. The fourth-order valence-corrected chi connectivity index (χ4v) is 4.93. The molecule has 0 aliphatic carbocycles. The Bertz CT molecular complexity index is 967. The number of allylic oxidation sites excluding steroid dienone is 1. The van der Waals surface area contributed by atoms with Gasteiger partial charge in [-0.2, -0.15) is 5.26 Å². The lowest BCUT2D eigenvalue weighted by molar-refractivity contribution is -0.129. The Kier molecular flexibility index (Phi) is 5.33. The smallest absolute Gasteiger partial charge is 0.229 e. The molecule has 5 nitrogen and oxygen atoms in total. The van der Waals surface area contributed by atoms with Gasteiger partial charge >= 0.3 is 0 Å². The van der Waals surface area contributed by atoms with Crippen molar-refractivity contribution in [2.45, 2.75) is 12.3 Å². The highest BCUT2D eigenvalue weighted by atomic mass is 79.9. The topological polar surface area (TPSA) is 56.6 Å². The van der Waals surface area contributed by atoms with Gasteiger partial charge in [0.15, 0.2) is 0 Å². The third-order valence-electron chi connectivity index (χ3n) is 5.00.